The zero-order valence-corrected chi connectivity index (χ0v) is 13.1. The van der Waals surface area contributed by atoms with Crippen LogP contribution in [0, 0.1) is 13.8 Å². The van der Waals surface area contributed by atoms with Crippen LogP contribution in [0.5, 0.6) is 0 Å². The fraction of sp³-hybridized carbons (Fsp3) is 0.267. The van der Waals surface area contributed by atoms with Crippen LogP contribution in [0.25, 0.3) is 0 Å². The first kappa shape index (κ1) is 15.3. The minimum atomic E-state index is -0.313. The number of anilines is 2. The number of hydrogen-bond donors (Lipinski definition) is 2. The van der Waals surface area contributed by atoms with Crippen molar-refractivity contribution < 1.29 is 4.79 Å². The minimum absolute atomic E-state index is 0.0470. The molecule has 0 radical (unpaired) electrons. The Kier molecular flexibility index (Phi) is 4.47. The van der Waals surface area contributed by atoms with Crippen molar-refractivity contribution in [3.05, 3.63) is 41.0 Å². The third-order valence-corrected chi connectivity index (χ3v) is 4.02. The summed E-state index contributed by atoms with van der Waals surface area (Å²) >= 11 is 1.26. The molecule has 0 saturated heterocycles. The number of nitrogens with zero attached hydrogens (tertiary/aromatic N) is 2. The molecule has 0 aliphatic carbocycles. The molecular formula is C15H18N4OS. The lowest BCUT2D eigenvalue weighted by atomic mass is 10.0. The van der Waals surface area contributed by atoms with Crippen LogP contribution in [0.3, 0.4) is 0 Å². The Morgan fingerprint density at radius 1 is 1.14 bits per heavy atom. The number of carbonyl (C=O) groups is 1. The number of benzene rings is 1. The van der Waals surface area contributed by atoms with Gasteiger partial charge in [-0.05, 0) is 32.4 Å². The second-order valence-electron chi connectivity index (χ2n) is 4.94. The van der Waals surface area contributed by atoms with E-state index in [2.05, 4.69) is 9.97 Å². The Bertz CT molecular complexity index is 667. The highest BCUT2D eigenvalue weighted by atomic mass is 32.2. The van der Waals surface area contributed by atoms with E-state index in [1.54, 1.807) is 0 Å². The molecule has 0 saturated carbocycles. The van der Waals surface area contributed by atoms with Crippen LogP contribution in [0.4, 0.5) is 11.6 Å². The summed E-state index contributed by atoms with van der Waals surface area (Å²) in [6, 6.07) is 7.34. The summed E-state index contributed by atoms with van der Waals surface area (Å²) < 4.78 is 0. The summed E-state index contributed by atoms with van der Waals surface area (Å²) in [7, 11) is 0. The molecule has 2 rings (SSSR count). The van der Waals surface area contributed by atoms with E-state index >= 15 is 0 Å². The van der Waals surface area contributed by atoms with Crippen molar-refractivity contribution in [3.63, 3.8) is 0 Å². The Morgan fingerprint density at radius 3 is 2.38 bits per heavy atom. The van der Waals surface area contributed by atoms with Crippen molar-refractivity contribution in [3.8, 4) is 0 Å². The molecular weight excluding hydrogens is 284 g/mol. The fourth-order valence-corrected chi connectivity index (χ4v) is 2.81. The summed E-state index contributed by atoms with van der Waals surface area (Å²) in [4.78, 5) is 20.7. The predicted molar refractivity (Wildman–Crippen MR) is 86.4 cm³/mol. The van der Waals surface area contributed by atoms with Crippen molar-refractivity contribution in [2.24, 2.45) is 0 Å². The van der Waals surface area contributed by atoms with Crippen molar-refractivity contribution >= 4 is 29.2 Å². The van der Waals surface area contributed by atoms with Gasteiger partial charge in [0.15, 0.2) is 10.9 Å². The third-order valence-electron chi connectivity index (χ3n) is 3.06. The molecule has 6 heteroatoms. The first-order chi connectivity index (χ1) is 9.86. The maximum absolute atomic E-state index is 12.6. The van der Waals surface area contributed by atoms with Crippen LogP contribution in [-0.2, 0) is 0 Å². The van der Waals surface area contributed by atoms with Gasteiger partial charge in [-0.2, -0.15) is 0 Å². The highest BCUT2D eigenvalue weighted by Gasteiger charge is 2.20. The maximum Gasteiger partial charge on any atom is 0.192 e. The zero-order chi connectivity index (χ0) is 15.6. The molecule has 0 aliphatic heterocycles. The lowest BCUT2D eigenvalue weighted by Gasteiger charge is -2.12. The van der Waals surface area contributed by atoms with Crippen molar-refractivity contribution in [2.75, 3.05) is 11.5 Å². The van der Waals surface area contributed by atoms with Gasteiger partial charge < -0.3 is 11.5 Å². The SMILES string of the molecule is Cc1ccc(C)c(C(=O)[C@H](C)Sc2nc(N)cc(N)n2)c1. The highest BCUT2D eigenvalue weighted by Crippen LogP contribution is 2.25. The molecule has 1 heterocycles. The quantitative estimate of drug-likeness (QED) is 0.512. The molecule has 21 heavy (non-hydrogen) atoms. The van der Waals surface area contributed by atoms with Gasteiger partial charge in [-0.25, -0.2) is 9.97 Å². The summed E-state index contributed by atoms with van der Waals surface area (Å²) in [6.45, 7) is 5.73. The van der Waals surface area contributed by atoms with E-state index in [4.69, 9.17) is 11.5 Å². The third kappa shape index (κ3) is 3.72. The molecule has 1 atom stereocenters. The maximum atomic E-state index is 12.6. The van der Waals surface area contributed by atoms with Gasteiger partial charge in [-0.15, -0.1) is 0 Å². The molecule has 0 unspecified atom stereocenters. The molecule has 0 amide bonds. The van der Waals surface area contributed by atoms with E-state index in [-0.39, 0.29) is 11.0 Å². The second-order valence-corrected chi connectivity index (χ2v) is 6.25. The molecule has 110 valence electrons. The van der Waals surface area contributed by atoms with Gasteiger partial charge >= 0.3 is 0 Å². The molecule has 0 bridgehead atoms. The molecule has 0 aliphatic rings. The predicted octanol–water partition coefficient (Wildman–Crippen LogP) is 2.62. The van der Waals surface area contributed by atoms with E-state index in [9.17, 15) is 4.79 Å². The second kappa shape index (κ2) is 6.13. The van der Waals surface area contributed by atoms with Crippen LogP contribution >= 0.6 is 11.8 Å². The molecule has 0 fully saturated rings. The number of Topliss-reactive ketones (excluding diaryl/α,β-unsaturated/α-hetero) is 1. The van der Waals surface area contributed by atoms with Crippen LogP contribution < -0.4 is 11.5 Å². The van der Waals surface area contributed by atoms with Gasteiger partial charge in [0.2, 0.25) is 0 Å². The van der Waals surface area contributed by atoms with Crippen LogP contribution in [0.1, 0.15) is 28.4 Å². The smallest absolute Gasteiger partial charge is 0.192 e. The summed E-state index contributed by atoms with van der Waals surface area (Å²) in [5.74, 6) is 0.651. The van der Waals surface area contributed by atoms with Crippen molar-refractivity contribution in [1.82, 2.24) is 9.97 Å². The van der Waals surface area contributed by atoms with Gasteiger partial charge in [0, 0.05) is 11.6 Å². The van der Waals surface area contributed by atoms with Crippen molar-refractivity contribution in [1.29, 1.82) is 0 Å². The zero-order valence-electron chi connectivity index (χ0n) is 12.3. The lowest BCUT2D eigenvalue weighted by Crippen LogP contribution is -2.16. The number of hydrogen-bond acceptors (Lipinski definition) is 6. The molecule has 2 aromatic rings. The number of rotatable bonds is 4. The van der Waals surface area contributed by atoms with Gasteiger partial charge in [0.25, 0.3) is 0 Å². The van der Waals surface area contributed by atoms with Gasteiger partial charge in [0.05, 0.1) is 5.25 Å². The van der Waals surface area contributed by atoms with E-state index in [1.165, 1.54) is 17.8 Å². The normalized spacial score (nSPS) is 12.1. The molecule has 1 aromatic heterocycles. The Hall–Kier alpha value is -2.08. The first-order valence-corrected chi connectivity index (χ1v) is 7.43. The number of carbonyl (C=O) groups excluding carboxylic acids is 1. The van der Waals surface area contributed by atoms with Crippen molar-refractivity contribution in [2.45, 2.75) is 31.2 Å². The standard InChI is InChI=1S/C15H18N4OS/c1-8-4-5-9(2)11(6-8)14(20)10(3)21-15-18-12(16)7-13(17)19-15/h4-7,10H,1-3H3,(H4,16,17,18,19)/t10-/m0/s1. The largest absolute Gasteiger partial charge is 0.383 e. The number of nitrogen functional groups attached to an aromatic ring is 2. The number of aromatic nitrogens is 2. The summed E-state index contributed by atoms with van der Waals surface area (Å²) in [5, 5.41) is 0.102. The Balaban J connectivity index is 2.21. The number of aryl methyl sites for hydroxylation is 2. The van der Waals surface area contributed by atoms with Gasteiger partial charge in [-0.1, -0.05) is 29.5 Å². The summed E-state index contributed by atoms with van der Waals surface area (Å²) in [5.41, 5.74) is 14.0. The molecule has 0 spiro atoms. The fourth-order valence-electron chi connectivity index (χ4n) is 1.95. The van der Waals surface area contributed by atoms with Crippen LogP contribution in [0.2, 0.25) is 0 Å². The molecule has 5 nitrogen and oxygen atoms in total. The minimum Gasteiger partial charge on any atom is -0.383 e. The first-order valence-electron chi connectivity index (χ1n) is 6.55. The lowest BCUT2D eigenvalue weighted by molar-refractivity contribution is 0.0993. The Morgan fingerprint density at radius 2 is 1.76 bits per heavy atom. The average Bonchev–Trinajstić information content (AvgIpc) is 2.39. The van der Waals surface area contributed by atoms with E-state index in [0.29, 0.717) is 16.8 Å². The van der Waals surface area contributed by atoms with Gasteiger partial charge in [0.1, 0.15) is 11.6 Å². The van der Waals surface area contributed by atoms with E-state index in [0.717, 1.165) is 16.7 Å². The Labute approximate surface area is 128 Å². The van der Waals surface area contributed by atoms with Crippen LogP contribution in [-0.4, -0.2) is 21.0 Å². The molecule has 1 aromatic carbocycles. The number of nitrogens with two attached hydrogens (primary N) is 2. The number of thioether (sulfide) groups is 1. The topological polar surface area (TPSA) is 94.9 Å². The van der Waals surface area contributed by atoms with E-state index in [1.807, 2.05) is 39.0 Å². The summed E-state index contributed by atoms with van der Waals surface area (Å²) in [6.07, 6.45) is 0. The van der Waals surface area contributed by atoms with Gasteiger partial charge in [-0.3, -0.25) is 4.79 Å². The van der Waals surface area contributed by atoms with Crippen LogP contribution in [0.15, 0.2) is 29.4 Å². The number of ketones is 1. The molecule has 4 N–H and O–H groups in total. The highest BCUT2D eigenvalue weighted by molar-refractivity contribution is 8.00. The average molecular weight is 302 g/mol. The monoisotopic (exact) mass is 302 g/mol. The van der Waals surface area contributed by atoms with E-state index < -0.39 is 0 Å².